The van der Waals surface area contributed by atoms with Crippen molar-refractivity contribution in [3.8, 4) is 73.1 Å². The summed E-state index contributed by atoms with van der Waals surface area (Å²) in [6, 6.07) is 72.5. The number of imidazole rings is 1. The molecule has 0 bridgehead atoms. The molecule has 0 amide bonds. The molecule has 2 atom stereocenters. The van der Waals surface area contributed by atoms with E-state index >= 15 is 0 Å². The Kier molecular flexibility index (Phi) is 8.32. The third-order valence-electron chi connectivity index (χ3n) is 15.7. The Morgan fingerprint density at radius 2 is 1.04 bits per heavy atom. The van der Waals surface area contributed by atoms with E-state index in [2.05, 4.69) is 249 Å². The van der Waals surface area contributed by atoms with Gasteiger partial charge in [0.05, 0.1) is 28.3 Å². The topological polar surface area (TPSA) is 39.5 Å². The molecule has 0 N–H and O–H groups in total. The first-order valence-corrected chi connectivity index (χ1v) is 24.8. The molecule has 71 heavy (non-hydrogen) atoms. The lowest BCUT2D eigenvalue weighted by Gasteiger charge is -2.48. The number of fused-ring (bicyclic) bond motifs is 21. The van der Waals surface area contributed by atoms with Gasteiger partial charge in [-0.25, -0.2) is 0 Å². The Labute approximate surface area is 413 Å². The average molecular weight is 914 g/mol. The molecule has 5 aliphatic rings. The number of para-hydroxylation sites is 3. The van der Waals surface area contributed by atoms with Crippen LogP contribution in [0.5, 0.6) is 17.5 Å². The number of nitrogens with zero attached hydrogens (tertiary/aromatic N) is 3. The standard InChI is InChI=1S/C66H47N3O2/c1-65(2,3)54-36-37-58-63(67-64-69(58)57-29-15-17-31-60(57)71-64)62(54)40-32-35-53-61(38-40)70-59-30-16-12-26-52(59)66(53)50-24-10-13-27-55(50)68(56-28-14-11-25-51(56)66)41-33-34-48-46-22-7-6-20-44(46)42-18-4-5-19-43(42)45-21-8-9-23-47(45)49(48)39-41/h4-39,57,60H,1-3H3. The van der Waals surface area contributed by atoms with E-state index in [0.717, 1.165) is 61.8 Å². The average Bonchev–Trinajstić information content (AvgIpc) is 3.96. The van der Waals surface area contributed by atoms with Crippen LogP contribution in [0, 0.1) is 0 Å². The third-order valence-corrected chi connectivity index (χ3v) is 15.7. The van der Waals surface area contributed by atoms with Crippen LogP contribution in [0.15, 0.2) is 218 Å². The van der Waals surface area contributed by atoms with Gasteiger partial charge in [-0.15, -0.1) is 0 Å². The highest BCUT2D eigenvalue weighted by Crippen LogP contribution is 2.64. The second kappa shape index (κ2) is 14.7. The molecule has 3 aliphatic heterocycles. The maximum absolute atomic E-state index is 7.17. The zero-order valence-corrected chi connectivity index (χ0v) is 39.6. The normalized spacial score (nSPS) is 16.9. The van der Waals surface area contributed by atoms with Crippen LogP contribution in [0.2, 0.25) is 0 Å². The van der Waals surface area contributed by atoms with E-state index in [0.29, 0.717) is 6.01 Å². The Morgan fingerprint density at radius 3 is 1.69 bits per heavy atom. The maximum atomic E-state index is 7.17. The van der Waals surface area contributed by atoms with Gasteiger partial charge in [-0.1, -0.05) is 191 Å². The number of hydrogen-bond acceptors (Lipinski definition) is 4. The number of aromatic nitrogens is 2. The van der Waals surface area contributed by atoms with Crippen LogP contribution < -0.4 is 14.4 Å². The van der Waals surface area contributed by atoms with Gasteiger partial charge in [0.1, 0.15) is 23.1 Å². The lowest BCUT2D eigenvalue weighted by Crippen LogP contribution is -2.39. The van der Waals surface area contributed by atoms with Crippen molar-refractivity contribution in [3.63, 3.8) is 0 Å². The summed E-state index contributed by atoms with van der Waals surface area (Å²) in [6.07, 6.45) is 8.45. The number of ether oxygens (including phenoxy) is 2. The highest BCUT2D eigenvalue weighted by Gasteiger charge is 2.51. The first-order chi connectivity index (χ1) is 34.9. The second-order valence-corrected chi connectivity index (χ2v) is 20.5. The Balaban J connectivity index is 0.947. The molecule has 2 aliphatic carbocycles. The monoisotopic (exact) mass is 913 g/mol. The van der Waals surface area contributed by atoms with Crippen LogP contribution in [0.25, 0.3) is 66.7 Å². The van der Waals surface area contributed by atoms with Crippen molar-refractivity contribution < 1.29 is 9.47 Å². The molecule has 2 unspecified atom stereocenters. The summed E-state index contributed by atoms with van der Waals surface area (Å²) < 4.78 is 15.9. The third kappa shape index (κ3) is 5.54. The van der Waals surface area contributed by atoms with E-state index in [1.165, 1.54) is 61.2 Å². The second-order valence-electron chi connectivity index (χ2n) is 20.5. The first kappa shape index (κ1) is 40.2. The summed E-state index contributed by atoms with van der Waals surface area (Å²) >= 11 is 0. The largest absolute Gasteiger partial charge is 0.457 e. The van der Waals surface area contributed by atoms with Gasteiger partial charge in [0.15, 0.2) is 0 Å². The quantitative estimate of drug-likeness (QED) is 0.173. The number of allylic oxidation sites excluding steroid dienone is 2. The van der Waals surface area contributed by atoms with Gasteiger partial charge in [-0.05, 0) is 121 Å². The molecular formula is C66H47N3O2. The van der Waals surface area contributed by atoms with E-state index in [-0.39, 0.29) is 17.6 Å². The number of hydrogen-bond donors (Lipinski definition) is 0. The molecule has 0 fully saturated rings. The molecule has 5 heteroatoms. The highest BCUT2D eigenvalue weighted by molar-refractivity contribution is 6.05. The van der Waals surface area contributed by atoms with E-state index in [4.69, 9.17) is 14.5 Å². The molecule has 5 nitrogen and oxygen atoms in total. The lowest BCUT2D eigenvalue weighted by molar-refractivity contribution is 0.259. The minimum absolute atomic E-state index is 0.0583. The van der Waals surface area contributed by atoms with Crippen molar-refractivity contribution in [2.24, 2.45) is 0 Å². The molecule has 1 spiro atoms. The fraction of sp³-hybridized carbons (Fsp3) is 0.106. The van der Waals surface area contributed by atoms with Crippen molar-refractivity contribution in [2.75, 3.05) is 4.90 Å². The Hall–Kier alpha value is -8.67. The van der Waals surface area contributed by atoms with Gasteiger partial charge >= 0.3 is 0 Å². The predicted molar refractivity (Wildman–Crippen MR) is 288 cm³/mol. The minimum Gasteiger partial charge on any atom is -0.457 e. The van der Waals surface area contributed by atoms with Crippen LogP contribution in [-0.2, 0) is 10.8 Å². The smallest absolute Gasteiger partial charge is 0.298 e. The van der Waals surface area contributed by atoms with E-state index in [1.807, 2.05) is 0 Å². The van der Waals surface area contributed by atoms with Crippen molar-refractivity contribution in [2.45, 2.75) is 43.7 Å². The van der Waals surface area contributed by atoms with Gasteiger partial charge in [-0.3, -0.25) is 4.57 Å². The van der Waals surface area contributed by atoms with Gasteiger partial charge in [0.25, 0.3) is 6.01 Å². The van der Waals surface area contributed by atoms with Crippen LogP contribution in [0.4, 0.5) is 17.1 Å². The van der Waals surface area contributed by atoms with Crippen molar-refractivity contribution in [3.05, 3.63) is 246 Å². The number of anilines is 3. The van der Waals surface area contributed by atoms with Crippen molar-refractivity contribution in [1.29, 1.82) is 0 Å². The molecular weight excluding hydrogens is 867 g/mol. The SMILES string of the molecule is CC(C)(C)c1ccc2c(nc3n2C2C=CC=CC2O3)c1-c1ccc2c(c1)Oc1ccccc1C21c2ccccc2N(c2ccc3c(c2)-c2ccccc2-c2ccccc2-c2ccccc2-3)c2ccccc21. The molecule has 338 valence electrons. The molecule has 0 saturated carbocycles. The molecule has 0 radical (unpaired) electrons. The minimum atomic E-state index is -0.719. The summed E-state index contributed by atoms with van der Waals surface area (Å²) in [7, 11) is 0. The highest BCUT2D eigenvalue weighted by atomic mass is 16.5. The lowest BCUT2D eigenvalue weighted by atomic mass is 9.61. The molecule has 15 rings (SSSR count). The van der Waals surface area contributed by atoms with Crippen molar-refractivity contribution >= 4 is 28.1 Å². The summed E-state index contributed by atoms with van der Waals surface area (Å²) in [6.45, 7) is 6.85. The molecule has 9 aromatic carbocycles. The van der Waals surface area contributed by atoms with E-state index < -0.39 is 5.41 Å². The van der Waals surface area contributed by atoms with Crippen LogP contribution in [-0.4, -0.2) is 15.7 Å². The molecule has 1 aromatic heterocycles. The Morgan fingerprint density at radius 1 is 0.493 bits per heavy atom. The maximum Gasteiger partial charge on any atom is 0.298 e. The Bertz CT molecular complexity index is 3920. The van der Waals surface area contributed by atoms with E-state index in [1.54, 1.807) is 0 Å². The summed E-state index contributed by atoms with van der Waals surface area (Å²) in [5.41, 5.74) is 22.3. The molecule has 4 heterocycles. The fourth-order valence-corrected chi connectivity index (χ4v) is 12.8. The zero-order valence-electron chi connectivity index (χ0n) is 39.6. The van der Waals surface area contributed by atoms with Crippen LogP contribution in [0.3, 0.4) is 0 Å². The fourth-order valence-electron chi connectivity index (χ4n) is 12.8. The van der Waals surface area contributed by atoms with Crippen LogP contribution in [0.1, 0.15) is 54.6 Å². The first-order valence-electron chi connectivity index (χ1n) is 24.8. The van der Waals surface area contributed by atoms with Crippen LogP contribution >= 0.6 is 0 Å². The number of rotatable bonds is 2. The molecule has 10 aromatic rings. The summed E-state index contributed by atoms with van der Waals surface area (Å²) in [5, 5.41) is 0. The predicted octanol–water partition coefficient (Wildman–Crippen LogP) is 16.7. The van der Waals surface area contributed by atoms with Gasteiger partial charge < -0.3 is 14.4 Å². The number of benzene rings is 9. The van der Waals surface area contributed by atoms with Gasteiger partial charge in [0, 0.05) is 22.4 Å². The van der Waals surface area contributed by atoms with Gasteiger partial charge in [-0.2, -0.15) is 4.98 Å². The summed E-state index contributed by atoms with van der Waals surface area (Å²) in [5.74, 6) is 1.68. The van der Waals surface area contributed by atoms with Gasteiger partial charge in [0.2, 0.25) is 0 Å². The zero-order chi connectivity index (χ0) is 47.2. The summed E-state index contributed by atoms with van der Waals surface area (Å²) in [4.78, 5) is 7.78. The molecule has 0 saturated heterocycles. The van der Waals surface area contributed by atoms with E-state index in [9.17, 15) is 0 Å². The van der Waals surface area contributed by atoms with Crippen molar-refractivity contribution in [1.82, 2.24) is 9.55 Å².